The van der Waals surface area contributed by atoms with Crippen molar-refractivity contribution in [3.05, 3.63) is 125 Å². The number of ether oxygens (including phenoxy) is 5. The van der Waals surface area contributed by atoms with Crippen molar-refractivity contribution < 1.29 is 46.8 Å². The number of carbonyl (C=O) groups is 2. The Labute approximate surface area is 655 Å². The second-order valence-electron chi connectivity index (χ2n) is 42.8. The Kier molecular flexibility index (Phi) is 22.8. The molecule has 108 heavy (non-hydrogen) atoms. The van der Waals surface area contributed by atoms with Gasteiger partial charge in [-0.25, -0.2) is 8.42 Å². The Morgan fingerprint density at radius 2 is 0.991 bits per heavy atom. The summed E-state index contributed by atoms with van der Waals surface area (Å²) in [5.74, 6) is 4.63. The first-order valence-corrected chi connectivity index (χ1v) is 44.1. The van der Waals surface area contributed by atoms with E-state index < -0.39 is 10.0 Å². The SMILES string of the molecule is CC(C)[C@@H](C)[C@@]1(C)CC[C@]2(C)[C@H]3CC[C@@H]4[C@@]5(COC[C@]4(C)[C@@H](O)[C@H](C)C5)C3=CC[C@@]2(C)[C@@H]1C(=O)OCc1ccccc1.CC(C)[C@@H](C)[C@@]1(C)CC[C@]2(C)[C@H]3CC[C@@H]4[C@@]5(COC[C@]4(C)[C@@H](OC[C@H](C)C(C)(C)C)[C@H](C)C5)C3=CC[C@@]2(C)[C@@H]1C(=O)OCc1ccccc1.Cc1ccc(S(=O)(=O)N2C[C@H]2C(C)(C)C)cc1. The van der Waals surface area contributed by atoms with E-state index in [0.717, 1.165) is 107 Å². The number of sulfonamides is 1. The summed E-state index contributed by atoms with van der Waals surface area (Å²) < 4.78 is 58.9. The number of aliphatic hydroxyl groups is 1. The van der Waals surface area contributed by atoms with E-state index >= 15 is 0 Å². The fourth-order valence-electron chi connectivity index (χ4n) is 26.4. The van der Waals surface area contributed by atoms with Crippen molar-refractivity contribution in [3.8, 4) is 0 Å². The molecule has 3 saturated heterocycles. The number of aliphatic hydroxyl groups excluding tert-OH is 1. The van der Waals surface area contributed by atoms with Crippen molar-refractivity contribution in [1.82, 2.24) is 4.31 Å². The van der Waals surface area contributed by atoms with E-state index in [0.29, 0.717) is 90.4 Å². The van der Waals surface area contributed by atoms with Crippen LogP contribution in [0.5, 0.6) is 0 Å². The molecule has 0 radical (unpaired) electrons. The number of aryl methyl sites for hydroxylation is 1. The highest BCUT2D eigenvalue weighted by molar-refractivity contribution is 7.89. The maximum atomic E-state index is 14.7. The number of esters is 2. The van der Waals surface area contributed by atoms with Crippen LogP contribution in [0, 0.1) is 149 Å². The monoisotopic (exact) mass is 1500 g/mol. The normalized spacial score (nSPS) is 41.7. The third-order valence-corrected chi connectivity index (χ3v) is 36.3. The van der Waals surface area contributed by atoms with Crippen LogP contribution in [0.1, 0.15) is 253 Å². The van der Waals surface area contributed by atoms with Gasteiger partial charge in [-0.15, -0.1) is 0 Å². The first-order chi connectivity index (χ1) is 50.3. The third-order valence-electron chi connectivity index (χ3n) is 34.4. The molecule has 0 aromatic heterocycles. The maximum absolute atomic E-state index is 14.7. The molecule has 1 unspecified atom stereocenters. The number of nitrogens with zero attached hydrogens (tertiary/aromatic N) is 1. The van der Waals surface area contributed by atoms with Crippen molar-refractivity contribution in [3.63, 3.8) is 0 Å². The van der Waals surface area contributed by atoms with E-state index in [2.05, 4.69) is 184 Å². The second kappa shape index (κ2) is 29.6. The summed E-state index contributed by atoms with van der Waals surface area (Å²) in [5.41, 5.74) is 5.95. The van der Waals surface area contributed by atoms with Crippen LogP contribution >= 0.6 is 0 Å². The van der Waals surface area contributed by atoms with Crippen LogP contribution in [0.2, 0.25) is 0 Å². The molecule has 12 heteroatoms. The van der Waals surface area contributed by atoms with E-state index in [1.54, 1.807) is 27.6 Å². The number of allylic oxidation sites excluding steroid dienone is 2. The van der Waals surface area contributed by atoms with Gasteiger partial charge in [0.25, 0.3) is 0 Å². The van der Waals surface area contributed by atoms with Crippen molar-refractivity contribution in [2.45, 2.75) is 280 Å². The molecule has 11 nitrogen and oxygen atoms in total. The molecular formula is C96H145NO10S. The Hall–Kier alpha value is -4.17. The first kappa shape index (κ1) is 83.3. The van der Waals surface area contributed by atoms with Crippen LogP contribution < -0.4 is 0 Å². The lowest BCUT2D eigenvalue weighted by Gasteiger charge is -2.71. The van der Waals surface area contributed by atoms with Crippen LogP contribution in [0.15, 0.2) is 113 Å². The Balaban J connectivity index is 0.000000167. The Morgan fingerprint density at radius 1 is 0.565 bits per heavy atom. The zero-order chi connectivity index (χ0) is 78.9. The molecule has 3 aromatic carbocycles. The lowest BCUT2D eigenvalue weighted by Crippen LogP contribution is -2.69. The summed E-state index contributed by atoms with van der Waals surface area (Å²) in [4.78, 5) is 29.6. The molecule has 3 aliphatic heterocycles. The molecule has 0 spiro atoms. The van der Waals surface area contributed by atoms with Gasteiger partial charge in [0.2, 0.25) is 10.0 Å². The number of carbonyl (C=O) groups excluding carboxylic acids is 2. The largest absolute Gasteiger partial charge is 0.461 e. The maximum Gasteiger partial charge on any atom is 0.310 e. The molecule has 14 rings (SSSR count). The quantitative estimate of drug-likeness (QED) is 0.0889. The molecule has 0 amide bonds. The van der Waals surface area contributed by atoms with Gasteiger partial charge in [0.15, 0.2) is 0 Å². The number of rotatable bonds is 15. The van der Waals surface area contributed by atoms with Gasteiger partial charge in [-0.3, -0.25) is 9.59 Å². The minimum Gasteiger partial charge on any atom is -0.461 e. The molecule has 4 bridgehead atoms. The summed E-state index contributed by atoms with van der Waals surface area (Å²) in [6.07, 6.45) is 18.2. The van der Waals surface area contributed by atoms with Gasteiger partial charge in [-0.2, -0.15) is 4.31 Å². The zero-order valence-electron chi connectivity index (χ0n) is 71.6. The van der Waals surface area contributed by atoms with Crippen molar-refractivity contribution in [2.24, 2.45) is 142 Å². The van der Waals surface area contributed by atoms with E-state index in [4.69, 9.17) is 23.7 Å². The summed E-state index contributed by atoms with van der Waals surface area (Å²) >= 11 is 0. The van der Waals surface area contributed by atoms with E-state index in [-0.39, 0.29) is 113 Å². The predicted octanol–water partition coefficient (Wildman–Crippen LogP) is 21.6. The number of hydrogen-bond donors (Lipinski definition) is 1. The van der Waals surface area contributed by atoms with Gasteiger partial charge < -0.3 is 28.8 Å². The standard InChI is InChI=1S/C45H70O4.C38H56O4.C13H19NO2S/c1-29(2)32(5)41(9)22-23-43(11)34-18-19-36-42(10)27-47-28-45(36,24-30(3)38(42)48-25-31(4)40(6,7)8)35(34)20-21-44(43,12)37(41)39(46)49-26-33-16-14-13-15-17-33;1-24(2)26(4)34(5)18-19-36(7)28-14-15-30-35(6)22-41-23-38(30,20-25(3)32(35)39)29(28)16-17-37(36,8)31(34)33(40)42-21-27-12-10-9-11-13-27;1-10-5-7-11(8-6-10)17(15,16)14-9-12(14)13(2,3)4/h13-17,20,29-32,34,36-38H,18-19,21-28H2,1-12H3;9-13,16,24-26,28,30-32,39H,14-15,17-23H2,1-8H3;5-8,12H,9H2,1-4H3/t30-,31+,32-,34+,36+,37-,38+,41-,42+,43-,44+,45+;25-,26-,28+,30+,31-,32+,34-,35+,36-,37+,38+;12-,14?/m110/s1. The highest BCUT2D eigenvalue weighted by Gasteiger charge is 2.74. The van der Waals surface area contributed by atoms with Crippen molar-refractivity contribution >= 4 is 22.0 Å². The highest BCUT2D eigenvalue weighted by atomic mass is 32.2. The smallest absolute Gasteiger partial charge is 0.310 e. The van der Waals surface area contributed by atoms with Crippen LogP contribution in [-0.4, -0.2) is 87.6 Å². The van der Waals surface area contributed by atoms with Gasteiger partial charge in [0.1, 0.15) is 13.2 Å². The third kappa shape index (κ3) is 13.7. The van der Waals surface area contributed by atoms with Crippen LogP contribution in [0.4, 0.5) is 0 Å². The molecule has 25 atom stereocenters. The minimum absolute atomic E-state index is 0.00258. The van der Waals surface area contributed by atoms with Crippen molar-refractivity contribution in [1.29, 1.82) is 0 Å². The first-order valence-electron chi connectivity index (χ1n) is 42.7. The van der Waals surface area contributed by atoms with Gasteiger partial charge >= 0.3 is 11.9 Å². The lowest BCUT2D eigenvalue weighted by atomic mass is 9.34. The zero-order valence-corrected chi connectivity index (χ0v) is 72.4. The number of fused-ring (bicyclic) bond motifs is 6. The average Bonchev–Trinajstić information content (AvgIpc) is 1.28. The van der Waals surface area contributed by atoms with E-state index in [1.165, 1.54) is 12.8 Å². The Morgan fingerprint density at radius 3 is 1.41 bits per heavy atom. The molecule has 8 aliphatic carbocycles. The van der Waals surface area contributed by atoms with Crippen LogP contribution in [-0.2, 0) is 56.5 Å². The number of hydrogen-bond acceptors (Lipinski definition) is 10. The topological polar surface area (TPSA) is 138 Å². The molecule has 9 fully saturated rings. The molecule has 600 valence electrons. The second-order valence-corrected chi connectivity index (χ2v) is 44.7. The van der Waals surface area contributed by atoms with Gasteiger partial charge in [0.05, 0.1) is 62.0 Å². The molecular weight excluding hydrogens is 1360 g/mol. The Bertz CT molecular complexity index is 3890. The fraction of sp³-hybridized carbons (Fsp3) is 0.750. The van der Waals surface area contributed by atoms with E-state index in [9.17, 15) is 23.1 Å². The predicted molar refractivity (Wildman–Crippen MR) is 435 cm³/mol. The van der Waals surface area contributed by atoms with Gasteiger partial charge in [-0.05, 0) is 216 Å². The highest BCUT2D eigenvalue weighted by Crippen LogP contribution is 2.78. The summed E-state index contributed by atoms with van der Waals surface area (Å²) in [5, 5.41) is 11.4. The van der Waals surface area contributed by atoms with Crippen molar-refractivity contribution in [2.75, 3.05) is 39.6 Å². The van der Waals surface area contributed by atoms with Crippen LogP contribution in [0.25, 0.3) is 0 Å². The molecule has 1 N–H and O–H groups in total. The summed E-state index contributed by atoms with van der Waals surface area (Å²) in [6, 6.07) is 27.5. The molecule has 11 aliphatic rings. The van der Waals surface area contributed by atoms with Gasteiger partial charge in [0, 0.05) is 34.2 Å². The molecule has 3 aromatic rings. The van der Waals surface area contributed by atoms with E-state index in [1.807, 2.05) is 67.6 Å². The number of benzene rings is 3. The lowest BCUT2D eigenvalue weighted by molar-refractivity contribution is -0.253. The average molecular weight is 1510 g/mol. The molecule has 3 heterocycles. The van der Waals surface area contributed by atoms with Crippen LogP contribution in [0.3, 0.4) is 0 Å². The summed E-state index contributed by atoms with van der Waals surface area (Å²) in [7, 11) is -3.28. The minimum atomic E-state index is -3.28. The summed E-state index contributed by atoms with van der Waals surface area (Å²) in [6.45, 7) is 61.1. The van der Waals surface area contributed by atoms with Gasteiger partial charge in [-0.1, -0.05) is 261 Å². The molecule has 6 saturated carbocycles. The fourth-order valence-corrected chi connectivity index (χ4v) is 28.2.